The fourth-order valence-electron chi connectivity index (χ4n) is 2.26. The third-order valence-electron chi connectivity index (χ3n) is 3.73. The zero-order chi connectivity index (χ0) is 14.4. The molecule has 2 heterocycles. The molecule has 1 atom stereocenters. The number of rotatable bonds is 5. The van der Waals surface area contributed by atoms with Gasteiger partial charge in [0.2, 0.25) is 5.91 Å². The Morgan fingerprint density at radius 3 is 2.85 bits per heavy atom. The minimum Gasteiger partial charge on any atom is -0.378 e. The molecule has 0 aliphatic carbocycles. The fourth-order valence-corrected chi connectivity index (χ4v) is 2.26. The maximum absolute atomic E-state index is 12.2. The Hall–Kier alpha value is -1.46. The van der Waals surface area contributed by atoms with Crippen LogP contribution in [0, 0.1) is 0 Å². The Balaban J connectivity index is 1.81. The van der Waals surface area contributed by atoms with Crippen molar-refractivity contribution >= 4 is 5.91 Å². The second kappa shape index (κ2) is 7.36. The lowest BCUT2D eigenvalue weighted by Crippen LogP contribution is -2.46. The van der Waals surface area contributed by atoms with Gasteiger partial charge in [0.05, 0.1) is 19.8 Å². The van der Waals surface area contributed by atoms with E-state index in [1.54, 1.807) is 6.20 Å². The van der Waals surface area contributed by atoms with Gasteiger partial charge < -0.3 is 9.64 Å². The predicted octanol–water partition coefficient (Wildman–Crippen LogP) is 0.803. The number of likely N-dealkylation sites (N-methyl/N-ethyl adjacent to an activating group) is 1. The van der Waals surface area contributed by atoms with E-state index >= 15 is 0 Å². The van der Waals surface area contributed by atoms with Gasteiger partial charge in [0.1, 0.15) is 0 Å². The van der Waals surface area contributed by atoms with E-state index in [2.05, 4.69) is 16.8 Å². The first kappa shape index (κ1) is 14.9. The highest BCUT2D eigenvalue weighted by atomic mass is 16.5. The standard InChI is InChI=1S/C15H23N3O2/c1-13(11-14-5-3-4-6-16-14)17(2)12-15(19)18-7-9-20-10-8-18/h3-6,13H,7-12H2,1-2H3. The van der Waals surface area contributed by atoms with Crippen LogP contribution < -0.4 is 0 Å². The molecule has 0 N–H and O–H groups in total. The number of hydrogen-bond acceptors (Lipinski definition) is 4. The molecule has 0 bridgehead atoms. The Morgan fingerprint density at radius 2 is 2.20 bits per heavy atom. The van der Waals surface area contributed by atoms with Crippen molar-refractivity contribution in [3.63, 3.8) is 0 Å². The molecule has 5 nitrogen and oxygen atoms in total. The van der Waals surface area contributed by atoms with Gasteiger partial charge in [-0.15, -0.1) is 0 Å². The molecule has 1 aromatic rings. The molecule has 20 heavy (non-hydrogen) atoms. The van der Waals surface area contributed by atoms with Crippen molar-refractivity contribution in [1.29, 1.82) is 0 Å². The summed E-state index contributed by atoms with van der Waals surface area (Å²) in [5.74, 6) is 0.184. The third-order valence-corrected chi connectivity index (χ3v) is 3.73. The number of aromatic nitrogens is 1. The molecule has 0 aromatic carbocycles. The molecule has 0 radical (unpaired) electrons. The third kappa shape index (κ3) is 4.28. The van der Waals surface area contributed by atoms with Gasteiger partial charge in [0.25, 0.3) is 0 Å². The molecular weight excluding hydrogens is 254 g/mol. The van der Waals surface area contributed by atoms with Crippen LogP contribution in [-0.2, 0) is 16.0 Å². The second-order valence-corrected chi connectivity index (χ2v) is 5.28. The van der Waals surface area contributed by atoms with E-state index in [0.29, 0.717) is 32.8 Å². The van der Waals surface area contributed by atoms with Crippen molar-refractivity contribution in [2.45, 2.75) is 19.4 Å². The Labute approximate surface area is 120 Å². The monoisotopic (exact) mass is 277 g/mol. The first-order valence-corrected chi connectivity index (χ1v) is 7.12. The predicted molar refractivity (Wildman–Crippen MR) is 77.4 cm³/mol. The van der Waals surface area contributed by atoms with Gasteiger partial charge in [-0.1, -0.05) is 6.07 Å². The molecule has 1 aromatic heterocycles. The van der Waals surface area contributed by atoms with Crippen molar-refractivity contribution in [2.24, 2.45) is 0 Å². The minimum absolute atomic E-state index is 0.184. The summed E-state index contributed by atoms with van der Waals surface area (Å²) in [4.78, 5) is 20.5. The fraction of sp³-hybridized carbons (Fsp3) is 0.600. The molecule has 1 unspecified atom stereocenters. The van der Waals surface area contributed by atoms with Crippen LogP contribution in [0.5, 0.6) is 0 Å². The molecule has 1 aliphatic rings. The Bertz CT molecular complexity index is 418. The summed E-state index contributed by atoms with van der Waals surface area (Å²) >= 11 is 0. The quantitative estimate of drug-likeness (QED) is 0.799. The average molecular weight is 277 g/mol. The highest BCUT2D eigenvalue weighted by Crippen LogP contribution is 2.06. The molecule has 2 rings (SSSR count). The number of carbonyl (C=O) groups excluding carboxylic acids is 1. The zero-order valence-corrected chi connectivity index (χ0v) is 12.3. The lowest BCUT2D eigenvalue weighted by atomic mass is 10.1. The summed E-state index contributed by atoms with van der Waals surface area (Å²) in [6.45, 7) is 5.30. The summed E-state index contributed by atoms with van der Waals surface area (Å²) in [7, 11) is 1.99. The summed E-state index contributed by atoms with van der Waals surface area (Å²) in [5, 5.41) is 0. The molecule has 1 fully saturated rings. The summed E-state index contributed by atoms with van der Waals surface area (Å²) in [6, 6.07) is 6.22. The number of hydrogen-bond donors (Lipinski definition) is 0. The molecular formula is C15H23N3O2. The lowest BCUT2D eigenvalue weighted by molar-refractivity contribution is -0.136. The molecule has 1 aliphatic heterocycles. The topological polar surface area (TPSA) is 45.7 Å². The van der Waals surface area contributed by atoms with Crippen molar-refractivity contribution < 1.29 is 9.53 Å². The van der Waals surface area contributed by atoms with Crippen molar-refractivity contribution in [2.75, 3.05) is 39.9 Å². The molecule has 5 heteroatoms. The number of amides is 1. The zero-order valence-electron chi connectivity index (χ0n) is 12.3. The van der Waals surface area contributed by atoms with Crippen LogP contribution in [0.4, 0.5) is 0 Å². The largest absolute Gasteiger partial charge is 0.378 e. The van der Waals surface area contributed by atoms with Gasteiger partial charge in [-0.2, -0.15) is 0 Å². The number of ether oxygens (including phenoxy) is 1. The second-order valence-electron chi connectivity index (χ2n) is 5.28. The van der Waals surface area contributed by atoms with Crippen molar-refractivity contribution in [3.8, 4) is 0 Å². The van der Waals surface area contributed by atoms with Crippen LogP contribution in [0.25, 0.3) is 0 Å². The minimum atomic E-state index is 0.184. The number of carbonyl (C=O) groups is 1. The van der Waals surface area contributed by atoms with Gasteiger partial charge in [-0.3, -0.25) is 14.7 Å². The molecule has 1 saturated heterocycles. The number of pyridine rings is 1. The van der Waals surface area contributed by atoms with E-state index < -0.39 is 0 Å². The van der Waals surface area contributed by atoms with E-state index in [1.807, 2.05) is 30.1 Å². The van der Waals surface area contributed by atoms with Crippen LogP contribution in [-0.4, -0.2) is 66.6 Å². The summed E-state index contributed by atoms with van der Waals surface area (Å²) in [5.41, 5.74) is 1.06. The molecule has 110 valence electrons. The smallest absolute Gasteiger partial charge is 0.236 e. The number of nitrogens with zero attached hydrogens (tertiary/aromatic N) is 3. The van der Waals surface area contributed by atoms with Gasteiger partial charge >= 0.3 is 0 Å². The lowest BCUT2D eigenvalue weighted by Gasteiger charge is -2.30. The molecule has 0 saturated carbocycles. The van der Waals surface area contributed by atoms with Crippen LogP contribution >= 0.6 is 0 Å². The van der Waals surface area contributed by atoms with Crippen LogP contribution in [0.3, 0.4) is 0 Å². The van der Waals surface area contributed by atoms with Crippen LogP contribution in [0.1, 0.15) is 12.6 Å². The van der Waals surface area contributed by atoms with E-state index in [-0.39, 0.29) is 11.9 Å². The summed E-state index contributed by atoms with van der Waals surface area (Å²) < 4.78 is 5.27. The SMILES string of the molecule is CC(Cc1ccccn1)N(C)CC(=O)N1CCOCC1. The Morgan fingerprint density at radius 1 is 1.45 bits per heavy atom. The highest BCUT2D eigenvalue weighted by molar-refractivity contribution is 5.78. The van der Waals surface area contributed by atoms with E-state index in [4.69, 9.17) is 4.74 Å². The first-order chi connectivity index (χ1) is 9.66. The van der Waals surface area contributed by atoms with Crippen molar-refractivity contribution in [3.05, 3.63) is 30.1 Å². The average Bonchev–Trinajstić information content (AvgIpc) is 2.49. The normalized spacial score (nSPS) is 17.2. The van der Waals surface area contributed by atoms with Gasteiger partial charge in [-0.25, -0.2) is 0 Å². The molecule has 0 spiro atoms. The van der Waals surface area contributed by atoms with E-state index in [0.717, 1.165) is 12.1 Å². The molecule has 1 amide bonds. The van der Waals surface area contributed by atoms with Gasteiger partial charge in [-0.05, 0) is 26.1 Å². The Kier molecular flexibility index (Phi) is 5.49. The first-order valence-electron chi connectivity index (χ1n) is 7.12. The summed E-state index contributed by atoms with van der Waals surface area (Å²) in [6.07, 6.45) is 2.66. The van der Waals surface area contributed by atoms with Crippen LogP contribution in [0.2, 0.25) is 0 Å². The van der Waals surface area contributed by atoms with Crippen molar-refractivity contribution in [1.82, 2.24) is 14.8 Å². The van der Waals surface area contributed by atoms with E-state index in [9.17, 15) is 4.79 Å². The van der Waals surface area contributed by atoms with Crippen LogP contribution in [0.15, 0.2) is 24.4 Å². The van der Waals surface area contributed by atoms with Gasteiger partial charge in [0, 0.05) is 37.4 Å². The van der Waals surface area contributed by atoms with E-state index in [1.165, 1.54) is 0 Å². The highest BCUT2D eigenvalue weighted by Gasteiger charge is 2.20. The van der Waals surface area contributed by atoms with Gasteiger partial charge in [0.15, 0.2) is 0 Å². The number of morpholine rings is 1. The maximum Gasteiger partial charge on any atom is 0.236 e. The maximum atomic E-state index is 12.2.